The van der Waals surface area contributed by atoms with Crippen LogP contribution in [0, 0.1) is 12.8 Å². The summed E-state index contributed by atoms with van der Waals surface area (Å²) in [6.07, 6.45) is 7.49. The molecule has 9 heteroatoms. The van der Waals surface area contributed by atoms with Gasteiger partial charge in [-0.1, -0.05) is 18.2 Å². The molecule has 1 aliphatic carbocycles. The molecule has 0 spiro atoms. The summed E-state index contributed by atoms with van der Waals surface area (Å²) in [5, 5.41) is 4.63. The molecule has 33 heavy (non-hydrogen) atoms. The maximum atomic E-state index is 12.9. The molecule has 2 aromatic heterocycles. The highest BCUT2D eigenvalue weighted by Gasteiger charge is 2.29. The highest BCUT2D eigenvalue weighted by Crippen LogP contribution is 2.29. The van der Waals surface area contributed by atoms with E-state index in [-0.39, 0.29) is 17.7 Å². The monoisotopic (exact) mass is 445 g/mol. The Bertz CT molecular complexity index is 1170. The largest absolute Gasteiger partial charge is 0.341 e. The summed E-state index contributed by atoms with van der Waals surface area (Å²) in [7, 11) is 0. The molecule has 0 radical (unpaired) electrons. The third-order valence-corrected chi connectivity index (χ3v) is 6.49. The lowest BCUT2D eigenvalue weighted by Crippen LogP contribution is -2.47. The van der Waals surface area contributed by atoms with Gasteiger partial charge in [0.15, 0.2) is 5.69 Å². The van der Waals surface area contributed by atoms with Crippen molar-refractivity contribution in [2.45, 2.75) is 39.0 Å². The summed E-state index contributed by atoms with van der Waals surface area (Å²) < 4.78 is 1.88. The lowest BCUT2D eigenvalue weighted by Gasteiger charge is -2.31. The van der Waals surface area contributed by atoms with Gasteiger partial charge in [0.25, 0.3) is 5.91 Å². The van der Waals surface area contributed by atoms with Crippen LogP contribution >= 0.6 is 0 Å². The van der Waals surface area contributed by atoms with E-state index < -0.39 is 0 Å². The molecule has 0 unspecified atom stereocenters. The van der Waals surface area contributed by atoms with Crippen LogP contribution in [0.15, 0.2) is 42.7 Å². The molecule has 1 saturated heterocycles. The quantitative estimate of drug-likeness (QED) is 0.596. The molecule has 170 valence electrons. The highest BCUT2D eigenvalue weighted by molar-refractivity contribution is 5.95. The minimum Gasteiger partial charge on any atom is -0.341 e. The number of hydrazine groups is 1. The number of amides is 2. The Morgan fingerprint density at radius 3 is 2.52 bits per heavy atom. The average Bonchev–Trinajstić information content (AvgIpc) is 3.47. The number of anilines is 1. The number of fused-ring (bicyclic) bond motifs is 1. The second kappa shape index (κ2) is 9.01. The Morgan fingerprint density at radius 2 is 1.76 bits per heavy atom. The standard InChI is InChI=1S/C24H27N7O2/c1-16-6-2-3-8-19(16)31-20-9-4-7-18(20)21(29-31)23(33)28-27-22(32)17-10-14-30(15-11-17)24-25-12-5-13-26-24/h2-3,5-6,8,12-13,17H,4,7,9-11,14-15H2,1H3,(H,27,32)(H,28,33). The molecule has 1 aliphatic heterocycles. The van der Waals surface area contributed by atoms with E-state index in [9.17, 15) is 9.59 Å². The lowest BCUT2D eigenvalue weighted by atomic mass is 9.96. The van der Waals surface area contributed by atoms with Crippen LogP contribution < -0.4 is 15.8 Å². The van der Waals surface area contributed by atoms with E-state index in [0.717, 1.165) is 41.8 Å². The van der Waals surface area contributed by atoms with Crippen molar-refractivity contribution in [2.24, 2.45) is 5.92 Å². The van der Waals surface area contributed by atoms with Crippen LogP contribution in [0.5, 0.6) is 0 Å². The van der Waals surface area contributed by atoms with Crippen LogP contribution in [-0.2, 0) is 17.6 Å². The third-order valence-electron chi connectivity index (χ3n) is 6.49. The summed E-state index contributed by atoms with van der Waals surface area (Å²) in [5.74, 6) is -0.0285. The third kappa shape index (κ3) is 4.18. The summed E-state index contributed by atoms with van der Waals surface area (Å²) in [4.78, 5) is 36.2. The molecule has 2 aliphatic rings. The van der Waals surface area contributed by atoms with E-state index in [4.69, 9.17) is 0 Å². The molecule has 3 heterocycles. The molecule has 3 aromatic rings. The van der Waals surface area contributed by atoms with Crippen LogP contribution in [0.3, 0.4) is 0 Å². The summed E-state index contributed by atoms with van der Waals surface area (Å²) in [6.45, 7) is 3.43. The molecule has 0 atom stereocenters. The number of carbonyl (C=O) groups is 2. The minimum atomic E-state index is -0.371. The van der Waals surface area contributed by atoms with Gasteiger partial charge >= 0.3 is 0 Å². The van der Waals surface area contributed by atoms with Crippen molar-refractivity contribution in [2.75, 3.05) is 18.0 Å². The molecular formula is C24H27N7O2. The molecule has 9 nitrogen and oxygen atoms in total. The summed E-state index contributed by atoms with van der Waals surface area (Å²) in [5.41, 5.74) is 9.74. The van der Waals surface area contributed by atoms with Crippen molar-refractivity contribution in [3.63, 3.8) is 0 Å². The average molecular weight is 446 g/mol. The van der Waals surface area contributed by atoms with Gasteiger partial charge in [0.2, 0.25) is 11.9 Å². The van der Waals surface area contributed by atoms with E-state index >= 15 is 0 Å². The zero-order valence-electron chi connectivity index (χ0n) is 18.6. The predicted octanol–water partition coefficient (Wildman–Crippen LogP) is 2.14. The predicted molar refractivity (Wildman–Crippen MR) is 123 cm³/mol. The van der Waals surface area contributed by atoms with E-state index in [2.05, 4.69) is 30.8 Å². The highest BCUT2D eigenvalue weighted by atomic mass is 16.2. The molecule has 1 aromatic carbocycles. The fraction of sp³-hybridized carbons (Fsp3) is 0.375. The number of rotatable bonds is 4. The Morgan fingerprint density at radius 1 is 1.00 bits per heavy atom. The second-order valence-electron chi connectivity index (χ2n) is 8.58. The van der Waals surface area contributed by atoms with Crippen LogP contribution in [-0.4, -0.2) is 44.7 Å². The maximum Gasteiger partial charge on any atom is 0.290 e. The Hall–Kier alpha value is -3.75. The van der Waals surface area contributed by atoms with E-state index in [1.54, 1.807) is 18.5 Å². The van der Waals surface area contributed by atoms with E-state index in [1.807, 2.05) is 35.9 Å². The van der Waals surface area contributed by atoms with Crippen molar-refractivity contribution in [1.82, 2.24) is 30.6 Å². The zero-order chi connectivity index (χ0) is 22.8. The number of benzene rings is 1. The van der Waals surface area contributed by atoms with Gasteiger partial charge in [-0.3, -0.25) is 20.4 Å². The fourth-order valence-electron chi connectivity index (χ4n) is 4.70. The Labute approximate surface area is 192 Å². The van der Waals surface area contributed by atoms with Gasteiger partial charge in [0.05, 0.1) is 5.69 Å². The number of nitrogens with one attached hydrogen (secondary N) is 2. The molecular weight excluding hydrogens is 418 g/mol. The Kier molecular flexibility index (Phi) is 5.77. The number of hydrogen-bond acceptors (Lipinski definition) is 6. The Balaban J connectivity index is 1.22. The number of carbonyl (C=O) groups excluding carboxylic acids is 2. The van der Waals surface area contributed by atoms with E-state index in [0.29, 0.717) is 37.6 Å². The lowest BCUT2D eigenvalue weighted by molar-refractivity contribution is -0.126. The summed E-state index contributed by atoms with van der Waals surface area (Å²) >= 11 is 0. The SMILES string of the molecule is Cc1ccccc1-n1nc(C(=O)NNC(=O)C2CCN(c3ncccn3)CC2)c2c1CCC2. The van der Waals surface area contributed by atoms with Gasteiger partial charge in [-0.05, 0) is 56.7 Å². The minimum absolute atomic E-state index is 0.166. The number of aromatic nitrogens is 4. The van der Waals surface area contributed by atoms with Gasteiger partial charge in [-0.15, -0.1) is 0 Å². The smallest absolute Gasteiger partial charge is 0.290 e. The molecule has 2 amide bonds. The van der Waals surface area contributed by atoms with Gasteiger partial charge in [0, 0.05) is 42.7 Å². The van der Waals surface area contributed by atoms with Crippen LogP contribution in [0.25, 0.3) is 5.69 Å². The number of aryl methyl sites for hydroxylation is 1. The van der Waals surface area contributed by atoms with Crippen molar-refractivity contribution in [3.8, 4) is 5.69 Å². The molecule has 1 fully saturated rings. The number of hydrogen-bond donors (Lipinski definition) is 2. The molecule has 5 rings (SSSR count). The van der Waals surface area contributed by atoms with Crippen molar-refractivity contribution in [3.05, 3.63) is 65.2 Å². The van der Waals surface area contributed by atoms with Gasteiger partial charge in [-0.25, -0.2) is 14.6 Å². The molecule has 2 N–H and O–H groups in total. The fourth-order valence-corrected chi connectivity index (χ4v) is 4.70. The maximum absolute atomic E-state index is 12.9. The zero-order valence-corrected chi connectivity index (χ0v) is 18.6. The first-order valence-electron chi connectivity index (χ1n) is 11.4. The van der Waals surface area contributed by atoms with Crippen molar-refractivity contribution >= 4 is 17.8 Å². The first-order valence-corrected chi connectivity index (χ1v) is 11.4. The normalized spacial score (nSPS) is 15.8. The van der Waals surface area contributed by atoms with Gasteiger partial charge in [-0.2, -0.15) is 5.10 Å². The molecule has 0 saturated carbocycles. The topological polar surface area (TPSA) is 105 Å². The van der Waals surface area contributed by atoms with Crippen LogP contribution in [0.4, 0.5) is 5.95 Å². The van der Waals surface area contributed by atoms with E-state index in [1.165, 1.54) is 0 Å². The van der Waals surface area contributed by atoms with Crippen LogP contribution in [0.2, 0.25) is 0 Å². The first-order chi connectivity index (χ1) is 16.1. The van der Waals surface area contributed by atoms with Gasteiger partial charge in [0.1, 0.15) is 0 Å². The van der Waals surface area contributed by atoms with Crippen molar-refractivity contribution < 1.29 is 9.59 Å². The number of piperidine rings is 1. The van der Waals surface area contributed by atoms with Crippen molar-refractivity contribution in [1.29, 1.82) is 0 Å². The van der Waals surface area contributed by atoms with Crippen LogP contribution in [0.1, 0.15) is 46.6 Å². The number of nitrogens with zero attached hydrogens (tertiary/aromatic N) is 5. The first kappa shape index (κ1) is 21.1. The second-order valence-corrected chi connectivity index (χ2v) is 8.58. The summed E-state index contributed by atoms with van der Waals surface area (Å²) in [6, 6.07) is 9.79. The number of para-hydroxylation sites is 1. The molecule has 0 bridgehead atoms. The van der Waals surface area contributed by atoms with Gasteiger partial charge < -0.3 is 4.90 Å².